The van der Waals surface area contributed by atoms with Gasteiger partial charge >= 0.3 is 5.97 Å². The Morgan fingerprint density at radius 1 is 1.30 bits per heavy atom. The summed E-state index contributed by atoms with van der Waals surface area (Å²) >= 11 is 3.46. The molecule has 1 fully saturated rings. The van der Waals surface area contributed by atoms with Crippen LogP contribution in [0.25, 0.3) is 0 Å². The average molecular weight is 342 g/mol. The van der Waals surface area contributed by atoms with E-state index in [1.807, 2.05) is 0 Å². The van der Waals surface area contributed by atoms with Gasteiger partial charge in [0.05, 0.1) is 6.42 Å². The maximum Gasteiger partial charge on any atom is 0.304 e. The second-order valence-electron chi connectivity index (χ2n) is 5.22. The quantitative estimate of drug-likeness (QED) is 0.780. The molecule has 0 radical (unpaired) electrons. The van der Waals surface area contributed by atoms with E-state index < -0.39 is 5.97 Å². The van der Waals surface area contributed by atoms with Crippen LogP contribution in [0.4, 0.5) is 0 Å². The van der Waals surface area contributed by atoms with Gasteiger partial charge in [-0.2, -0.15) is 0 Å². The number of halogens is 1. The molecule has 20 heavy (non-hydrogen) atoms. The fourth-order valence-corrected chi connectivity index (χ4v) is 2.92. The molecule has 0 atom stereocenters. The Morgan fingerprint density at radius 3 is 2.55 bits per heavy atom. The molecule has 1 aromatic carbocycles. The third kappa shape index (κ3) is 4.04. The molecule has 110 valence electrons. The van der Waals surface area contributed by atoms with E-state index in [0.717, 1.165) is 37.1 Å². The van der Waals surface area contributed by atoms with Crippen LogP contribution in [0.15, 0.2) is 28.7 Å². The minimum Gasteiger partial charge on any atom is -0.481 e. The zero-order valence-corrected chi connectivity index (χ0v) is 13.0. The molecule has 0 bridgehead atoms. The maximum atomic E-state index is 10.6. The number of carboxylic acid groups (broad SMARTS) is 1. The molecule has 1 aliphatic heterocycles. The van der Waals surface area contributed by atoms with Crippen LogP contribution in [0.3, 0.4) is 0 Å². The molecule has 2 rings (SSSR count). The Labute approximate surface area is 127 Å². The molecule has 0 aliphatic carbocycles. The van der Waals surface area contributed by atoms with Gasteiger partial charge in [-0.3, -0.25) is 4.79 Å². The van der Waals surface area contributed by atoms with Crippen molar-refractivity contribution in [1.29, 1.82) is 0 Å². The third-order valence-electron chi connectivity index (χ3n) is 3.89. The van der Waals surface area contributed by atoms with Crippen LogP contribution in [-0.2, 0) is 14.9 Å². The molecule has 0 aromatic heterocycles. The smallest absolute Gasteiger partial charge is 0.304 e. The van der Waals surface area contributed by atoms with Crippen LogP contribution in [0, 0.1) is 0 Å². The summed E-state index contributed by atoms with van der Waals surface area (Å²) in [5, 5.41) is 12.0. The van der Waals surface area contributed by atoms with Crippen molar-refractivity contribution in [3.63, 3.8) is 0 Å². The van der Waals surface area contributed by atoms with Crippen molar-refractivity contribution >= 4 is 21.9 Å². The third-order valence-corrected chi connectivity index (χ3v) is 4.41. The van der Waals surface area contributed by atoms with Crippen molar-refractivity contribution in [1.82, 2.24) is 5.32 Å². The minimum atomic E-state index is -0.762. The molecule has 1 heterocycles. The molecule has 0 spiro atoms. The van der Waals surface area contributed by atoms with E-state index in [1.165, 1.54) is 5.56 Å². The van der Waals surface area contributed by atoms with E-state index in [2.05, 4.69) is 45.5 Å². The topological polar surface area (TPSA) is 58.6 Å². The van der Waals surface area contributed by atoms with Gasteiger partial charge in [-0.15, -0.1) is 0 Å². The Hall–Kier alpha value is -0.910. The first-order chi connectivity index (χ1) is 9.62. The summed E-state index contributed by atoms with van der Waals surface area (Å²) in [5.74, 6) is -0.762. The molecule has 5 heteroatoms. The predicted molar refractivity (Wildman–Crippen MR) is 81.0 cm³/mol. The Morgan fingerprint density at radius 2 is 1.95 bits per heavy atom. The number of nitrogens with one attached hydrogen (secondary N) is 1. The number of rotatable bonds is 6. The van der Waals surface area contributed by atoms with E-state index in [9.17, 15) is 4.79 Å². The van der Waals surface area contributed by atoms with Crippen molar-refractivity contribution in [2.75, 3.05) is 26.3 Å². The molecular weight excluding hydrogens is 322 g/mol. The fourth-order valence-electron chi connectivity index (χ4n) is 2.66. The van der Waals surface area contributed by atoms with Crippen LogP contribution < -0.4 is 5.32 Å². The second kappa shape index (κ2) is 7.20. The summed E-state index contributed by atoms with van der Waals surface area (Å²) in [6.07, 6.45) is 2.09. The normalized spacial score (nSPS) is 17.9. The summed E-state index contributed by atoms with van der Waals surface area (Å²) in [6.45, 7) is 2.83. The Kier molecular flexibility index (Phi) is 5.57. The molecule has 2 N–H and O–H groups in total. The summed E-state index contributed by atoms with van der Waals surface area (Å²) in [5.41, 5.74) is 1.35. The highest BCUT2D eigenvalue weighted by Crippen LogP contribution is 2.34. The first-order valence-electron chi connectivity index (χ1n) is 6.89. The van der Waals surface area contributed by atoms with Gasteiger partial charge in [-0.05, 0) is 30.5 Å². The Balaban J connectivity index is 2.05. The number of hydrogen-bond donors (Lipinski definition) is 2. The number of hydrogen-bond acceptors (Lipinski definition) is 3. The zero-order chi connectivity index (χ0) is 14.4. The van der Waals surface area contributed by atoms with E-state index in [0.29, 0.717) is 6.54 Å². The molecule has 1 aliphatic rings. The van der Waals surface area contributed by atoms with Crippen LogP contribution in [0.1, 0.15) is 24.8 Å². The largest absolute Gasteiger partial charge is 0.481 e. The van der Waals surface area contributed by atoms with E-state index in [-0.39, 0.29) is 11.8 Å². The molecule has 0 amide bonds. The lowest BCUT2D eigenvalue weighted by molar-refractivity contribution is -0.136. The van der Waals surface area contributed by atoms with Gasteiger partial charge in [0.25, 0.3) is 0 Å². The SMILES string of the molecule is O=C(O)CCNCC1(c2ccc(Br)cc2)CCOCC1. The average Bonchev–Trinajstić information content (AvgIpc) is 2.45. The van der Waals surface area contributed by atoms with Gasteiger partial charge in [0.2, 0.25) is 0 Å². The predicted octanol–water partition coefficient (Wildman–Crippen LogP) is 2.56. The number of benzene rings is 1. The van der Waals surface area contributed by atoms with Gasteiger partial charge < -0.3 is 15.2 Å². The second-order valence-corrected chi connectivity index (χ2v) is 6.14. The van der Waals surface area contributed by atoms with E-state index >= 15 is 0 Å². The Bertz CT molecular complexity index is 441. The maximum absolute atomic E-state index is 10.6. The van der Waals surface area contributed by atoms with Crippen molar-refractivity contribution in [2.24, 2.45) is 0 Å². The van der Waals surface area contributed by atoms with Crippen LogP contribution >= 0.6 is 15.9 Å². The van der Waals surface area contributed by atoms with Crippen LogP contribution in [-0.4, -0.2) is 37.4 Å². The molecule has 0 unspecified atom stereocenters. The van der Waals surface area contributed by atoms with E-state index in [1.54, 1.807) is 0 Å². The standard InChI is InChI=1S/C15H20BrNO3/c16-13-3-1-12(2-4-13)15(6-9-20-10-7-15)11-17-8-5-14(18)19/h1-4,17H,5-11H2,(H,18,19). The van der Waals surface area contributed by atoms with Crippen LogP contribution in [0.2, 0.25) is 0 Å². The molecular formula is C15H20BrNO3. The zero-order valence-electron chi connectivity index (χ0n) is 11.4. The van der Waals surface area contributed by atoms with Gasteiger partial charge in [0, 0.05) is 36.2 Å². The summed E-state index contributed by atoms with van der Waals surface area (Å²) in [7, 11) is 0. The monoisotopic (exact) mass is 341 g/mol. The number of carbonyl (C=O) groups is 1. The highest BCUT2D eigenvalue weighted by molar-refractivity contribution is 9.10. The van der Waals surface area contributed by atoms with E-state index in [4.69, 9.17) is 9.84 Å². The van der Waals surface area contributed by atoms with Gasteiger partial charge in [-0.25, -0.2) is 0 Å². The van der Waals surface area contributed by atoms with Crippen molar-refractivity contribution in [2.45, 2.75) is 24.7 Å². The van der Waals surface area contributed by atoms with Gasteiger partial charge in [-0.1, -0.05) is 28.1 Å². The van der Waals surface area contributed by atoms with Crippen molar-refractivity contribution in [3.8, 4) is 0 Å². The lowest BCUT2D eigenvalue weighted by Gasteiger charge is -2.38. The fraction of sp³-hybridized carbons (Fsp3) is 0.533. The molecule has 4 nitrogen and oxygen atoms in total. The van der Waals surface area contributed by atoms with Gasteiger partial charge in [0.1, 0.15) is 0 Å². The van der Waals surface area contributed by atoms with Crippen molar-refractivity contribution < 1.29 is 14.6 Å². The molecule has 1 aromatic rings. The first-order valence-corrected chi connectivity index (χ1v) is 7.68. The molecule has 0 saturated carbocycles. The highest BCUT2D eigenvalue weighted by Gasteiger charge is 2.33. The van der Waals surface area contributed by atoms with Gasteiger partial charge in [0.15, 0.2) is 0 Å². The lowest BCUT2D eigenvalue weighted by Crippen LogP contribution is -2.43. The summed E-state index contributed by atoms with van der Waals surface area (Å²) < 4.78 is 6.55. The van der Waals surface area contributed by atoms with Crippen molar-refractivity contribution in [3.05, 3.63) is 34.3 Å². The number of aliphatic carboxylic acids is 1. The summed E-state index contributed by atoms with van der Waals surface area (Å²) in [6, 6.07) is 8.41. The summed E-state index contributed by atoms with van der Waals surface area (Å²) in [4.78, 5) is 10.6. The first kappa shape index (κ1) is 15.5. The number of carboxylic acids is 1. The minimum absolute atomic E-state index is 0.0530. The number of ether oxygens (including phenoxy) is 1. The highest BCUT2D eigenvalue weighted by atomic mass is 79.9. The lowest BCUT2D eigenvalue weighted by atomic mass is 9.74. The molecule has 1 saturated heterocycles. The van der Waals surface area contributed by atoms with Crippen LogP contribution in [0.5, 0.6) is 0 Å².